The molecule has 1 fully saturated rings. The first-order valence-electron chi connectivity index (χ1n) is 10.2. The molecule has 3 aromatic rings. The van der Waals surface area contributed by atoms with Crippen molar-refractivity contribution in [3.05, 3.63) is 83.9 Å². The van der Waals surface area contributed by atoms with Crippen LogP contribution in [-0.4, -0.2) is 26.8 Å². The number of anilines is 3. The maximum Gasteiger partial charge on any atom is 0.261 e. The Bertz CT molecular complexity index is 1270. The Morgan fingerprint density at radius 1 is 0.938 bits per heavy atom. The lowest BCUT2D eigenvalue weighted by atomic mass is 10.1. The van der Waals surface area contributed by atoms with Crippen LogP contribution in [0.5, 0.6) is 0 Å². The van der Waals surface area contributed by atoms with Gasteiger partial charge in [0.05, 0.1) is 4.90 Å². The van der Waals surface area contributed by atoms with Gasteiger partial charge in [0, 0.05) is 35.6 Å². The van der Waals surface area contributed by atoms with E-state index in [4.69, 9.17) is 0 Å². The summed E-state index contributed by atoms with van der Waals surface area (Å²) in [6, 6.07) is 19.7. The topological polar surface area (TPSA) is 95.6 Å². The van der Waals surface area contributed by atoms with Crippen LogP contribution < -0.4 is 14.9 Å². The van der Waals surface area contributed by atoms with Crippen molar-refractivity contribution in [3.63, 3.8) is 0 Å². The summed E-state index contributed by atoms with van der Waals surface area (Å²) in [5.74, 6) is -0.255. The van der Waals surface area contributed by atoms with Crippen LogP contribution in [0.15, 0.2) is 77.7 Å². The van der Waals surface area contributed by atoms with E-state index >= 15 is 0 Å². The van der Waals surface area contributed by atoms with Crippen LogP contribution in [0.3, 0.4) is 0 Å². The number of amides is 2. The Morgan fingerprint density at radius 2 is 1.72 bits per heavy atom. The molecule has 0 atom stereocenters. The molecule has 1 saturated heterocycles. The Hall–Kier alpha value is -3.65. The number of hydrogen-bond donors (Lipinski definition) is 2. The van der Waals surface area contributed by atoms with Gasteiger partial charge in [0.2, 0.25) is 5.91 Å². The average molecular weight is 450 g/mol. The van der Waals surface area contributed by atoms with Crippen LogP contribution >= 0.6 is 0 Å². The van der Waals surface area contributed by atoms with E-state index in [0.717, 1.165) is 17.7 Å². The number of aryl methyl sites for hydroxylation is 1. The summed E-state index contributed by atoms with van der Waals surface area (Å²) in [5.41, 5.74) is 2.94. The van der Waals surface area contributed by atoms with Crippen molar-refractivity contribution in [2.75, 3.05) is 21.5 Å². The summed E-state index contributed by atoms with van der Waals surface area (Å²) in [4.78, 5) is 26.7. The Morgan fingerprint density at radius 3 is 2.41 bits per heavy atom. The highest BCUT2D eigenvalue weighted by Gasteiger charge is 2.23. The van der Waals surface area contributed by atoms with Crippen LogP contribution in [0.1, 0.15) is 28.8 Å². The minimum atomic E-state index is -3.75. The van der Waals surface area contributed by atoms with Crippen LogP contribution in [0.2, 0.25) is 0 Å². The molecule has 0 aromatic heterocycles. The predicted molar refractivity (Wildman–Crippen MR) is 124 cm³/mol. The normalized spacial score (nSPS) is 13.8. The zero-order chi connectivity index (χ0) is 22.7. The number of nitrogens with one attached hydrogen (secondary N) is 2. The standard InChI is InChI=1S/C24H23N3O4S/c1-17-15-19(12-13-22(17)27-14-6-11-23(27)28)25-24(29)18-7-5-8-20(16-18)26-32(30,31)21-9-3-2-4-10-21/h2-5,7-10,12-13,15-16,26H,6,11,14H2,1H3,(H,25,29). The van der Waals surface area contributed by atoms with E-state index in [-0.39, 0.29) is 16.7 Å². The van der Waals surface area contributed by atoms with Gasteiger partial charge in [-0.25, -0.2) is 8.42 Å². The highest BCUT2D eigenvalue weighted by atomic mass is 32.2. The van der Waals surface area contributed by atoms with Crippen molar-refractivity contribution in [2.24, 2.45) is 0 Å². The third-order valence-electron chi connectivity index (χ3n) is 5.25. The second kappa shape index (κ2) is 8.84. The largest absolute Gasteiger partial charge is 0.322 e. The number of carbonyl (C=O) groups is 2. The summed E-state index contributed by atoms with van der Waals surface area (Å²) in [6.45, 7) is 2.60. The molecule has 0 unspecified atom stereocenters. The van der Waals surface area contributed by atoms with E-state index in [0.29, 0.717) is 29.9 Å². The molecule has 1 aliphatic rings. The van der Waals surface area contributed by atoms with Gasteiger partial charge in [0.1, 0.15) is 0 Å². The Balaban J connectivity index is 1.48. The van der Waals surface area contributed by atoms with Crippen LogP contribution in [0.25, 0.3) is 0 Å². The van der Waals surface area contributed by atoms with Crippen molar-refractivity contribution < 1.29 is 18.0 Å². The second-order valence-electron chi connectivity index (χ2n) is 7.60. The average Bonchev–Trinajstić information content (AvgIpc) is 3.20. The van der Waals surface area contributed by atoms with Crippen LogP contribution in [0.4, 0.5) is 17.1 Å². The third kappa shape index (κ3) is 4.65. The summed E-state index contributed by atoms with van der Waals surface area (Å²) in [5, 5.41) is 2.83. The number of nitrogens with zero attached hydrogens (tertiary/aromatic N) is 1. The molecule has 32 heavy (non-hydrogen) atoms. The monoisotopic (exact) mass is 449 g/mol. The van der Waals surface area contributed by atoms with Crippen molar-refractivity contribution in [1.29, 1.82) is 0 Å². The lowest BCUT2D eigenvalue weighted by Crippen LogP contribution is -2.24. The molecule has 1 aliphatic heterocycles. The molecule has 0 radical (unpaired) electrons. The minimum absolute atomic E-state index is 0.111. The molecule has 2 amide bonds. The highest BCUT2D eigenvalue weighted by Crippen LogP contribution is 2.28. The molecule has 3 aromatic carbocycles. The van der Waals surface area contributed by atoms with Gasteiger partial charge in [0.25, 0.3) is 15.9 Å². The number of rotatable bonds is 6. The molecule has 0 bridgehead atoms. The number of hydrogen-bond acceptors (Lipinski definition) is 4. The molecule has 4 rings (SSSR count). The van der Waals surface area contributed by atoms with E-state index < -0.39 is 10.0 Å². The first kappa shape index (κ1) is 21.6. The zero-order valence-corrected chi connectivity index (χ0v) is 18.4. The van der Waals surface area contributed by atoms with Gasteiger partial charge in [-0.15, -0.1) is 0 Å². The van der Waals surface area contributed by atoms with Crippen molar-refractivity contribution in [3.8, 4) is 0 Å². The molecule has 7 nitrogen and oxygen atoms in total. The minimum Gasteiger partial charge on any atom is -0.322 e. The summed E-state index contributed by atoms with van der Waals surface area (Å²) in [7, 11) is -3.75. The first-order chi connectivity index (χ1) is 15.3. The van der Waals surface area contributed by atoms with Gasteiger partial charge in [-0.3, -0.25) is 14.3 Å². The number of carbonyl (C=O) groups excluding carboxylic acids is 2. The second-order valence-corrected chi connectivity index (χ2v) is 9.29. The first-order valence-corrected chi connectivity index (χ1v) is 11.7. The highest BCUT2D eigenvalue weighted by molar-refractivity contribution is 7.92. The lowest BCUT2D eigenvalue weighted by Gasteiger charge is -2.19. The predicted octanol–water partition coefficient (Wildman–Crippen LogP) is 4.17. The van der Waals surface area contributed by atoms with E-state index in [9.17, 15) is 18.0 Å². The SMILES string of the molecule is Cc1cc(NC(=O)c2cccc(NS(=O)(=O)c3ccccc3)c2)ccc1N1CCCC1=O. The van der Waals surface area contributed by atoms with Crippen molar-refractivity contribution in [1.82, 2.24) is 0 Å². The molecule has 8 heteroatoms. The smallest absolute Gasteiger partial charge is 0.261 e. The third-order valence-corrected chi connectivity index (χ3v) is 6.65. The fourth-order valence-corrected chi connectivity index (χ4v) is 4.75. The molecular formula is C24H23N3O4S. The number of benzene rings is 3. The molecule has 0 saturated carbocycles. The van der Waals surface area contributed by atoms with E-state index in [2.05, 4.69) is 10.0 Å². The van der Waals surface area contributed by atoms with Crippen LogP contribution in [-0.2, 0) is 14.8 Å². The Kier molecular flexibility index (Phi) is 5.96. The van der Waals surface area contributed by atoms with Gasteiger partial charge >= 0.3 is 0 Å². The molecule has 1 heterocycles. The van der Waals surface area contributed by atoms with Gasteiger partial charge in [-0.2, -0.15) is 0 Å². The molecule has 164 valence electrons. The van der Waals surface area contributed by atoms with Gasteiger partial charge < -0.3 is 10.2 Å². The summed E-state index contributed by atoms with van der Waals surface area (Å²) >= 11 is 0. The maximum atomic E-state index is 12.8. The fourth-order valence-electron chi connectivity index (χ4n) is 3.68. The zero-order valence-electron chi connectivity index (χ0n) is 17.5. The maximum absolute atomic E-state index is 12.8. The molecule has 0 spiro atoms. The van der Waals surface area contributed by atoms with Gasteiger partial charge in [0.15, 0.2) is 0 Å². The quantitative estimate of drug-likeness (QED) is 0.590. The van der Waals surface area contributed by atoms with E-state index in [1.54, 1.807) is 47.4 Å². The van der Waals surface area contributed by atoms with E-state index in [1.807, 2.05) is 19.1 Å². The van der Waals surface area contributed by atoms with Crippen LogP contribution in [0, 0.1) is 6.92 Å². The van der Waals surface area contributed by atoms with Gasteiger partial charge in [-0.1, -0.05) is 24.3 Å². The number of sulfonamides is 1. The van der Waals surface area contributed by atoms with Crippen molar-refractivity contribution in [2.45, 2.75) is 24.7 Å². The van der Waals surface area contributed by atoms with Gasteiger partial charge in [-0.05, 0) is 67.4 Å². The summed E-state index contributed by atoms with van der Waals surface area (Å²) < 4.78 is 27.6. The molecule has 2 N–H and O–H groups in total. The van der Waals surface area contributed by atoms with Crippen molar-refractivity contribution >= 4 is 38.9 Å². The lowest BCUT2D eigenvalue weighted by molar-refractivity contribution is -0.117. The summed E-state index contributed by atoms with van der Waals surface area (Å²) in [6.07, 6.45) is 1.41. The fraction of sp³-hybridized carbons (Fsp3) is 0.167. The Labute approximate surface area is 187 Å². The molecular weight excluding hydrogens is 426 g/mol. The van der Waals surface area contributed by atoms with E-state index in [1.165, 1.54) is 18.2 Å². The molecule has 0 aliphatic carbocycles.